The molecular formula is C13H17N3O3. The van der Waals surface area contributed by atoms with Crippen molar-refractivity contribution in [3.8, 4) is 5.88 Å². The predicted octanol–water partition coefficient (Wildman–Crippen LogP) is 2.18. The van der Waals surface area contributed by atoms with E-state index >= 15 is 0 Å². The summed E-state index contributed by atoms with van der Waals surface area (Å²) < 4.78 is 5.16. The van der Waals surface area contributed by atoms with Gasteiger partial charge in [-0.3, -0.25) is 4.79 Å². The molecule has 2 aromatic rings. The molecule has 0 bridgehead atoms. The minimum Gasteiger partial charge on any atom is -0.481 e. The molecule has 1 atom stereocenters. The second-order valence-corrected chi connectivity index (χ2v) is 4.80. The average Bonchev–Trinajstić information content (AvgIpc) is 2.78. The number of aromatic nitrogens is 3. The van der Waals surface area contributed by atoms with Gasteiger partial charge in [0.1, 0.15) is 11.8 Å². The van der Waals surface area contributed by atoms with Gasteiger partial charge >= 0.3 is 5.97 Å². The summed E-state index contributed by atoms with van der Waals surface area (Å²) >= 11 is 0. The van der Waals surface area contributed by atoms with Crippen LogP contribution in [0.25, 0.3) is 11.0 Å². The Kier molecular flexibility index (Phi) is 3.69. The molecular weight excluding hydrogens is 246 g/mol. The first-order valence-corrected chi connectivity index (χ1v) is 6.12. The number of aromatic amines is 1. The van der Waals surface area contributed by atoms with Crippen molar-refractivity contribution in [2.75, 3.05) is 7.11 Å². The average molecular weight is 263 g/mol. The molecule has 6 heteroatoms. The van der Waals surface area contributed by atoms with Gasteiger partial charge in [-0.2, -0.15) is 4.98 Å². The van der Waals surface area contributed by atoms with E-state index in [9.17, 15) is 4.79 Å². The van der Waals surface area contributed by atoms with Crippen molar-refractivity contribution in [1.29, 1.82) is 0 Å². The van der Waals surface area contributed by atoms with Gasteiger partial charge in [-0.15, -0.1) is 0 Å². The van der Waals surface area contributed by atoms with Crippen LogP contribution in [-0.4, -0.2) is 33.1 Å². The van der Waals surface area contributed by atoms with Crippen LogP contribution in [0.3, 0.4) is 0 Å². The van der Waals surface area contributed by atoms with Gasteiger partial charge in [-0.1, -0.05) is 13.8 Å². The molecule has 2 N–H and O–H groups in total. The fourth-order valence-electron chi connectivity index (χ4n) is 2.27. The van der Waals surface area contributed by atoms with E-state index in [-0.39, 0.29) is 18.3 Å². The van der Waals surface area contributed by atoms with Crippen molar-refractivity contribution in [3.63, 3.8) is 0 Å². The van der Waals surface area contributed by atoms with E-state index in [0.29, 0.717) is 11.4 Å². The number of hydrogen-bond donors (Lipinski definition) is 2. The lowest BCUT2D eigenvalue weighted by Gasteiger charge is -2.17. The van der Waals surface area contributed by atoms with E-state index in [1.54, 1.807) is 13.3 Å². The number of carboxylic acid groups (broad SMARTS) is 1. The molecule has 0 aliphatic carbocycles. The minimum absolute atomic E-state index is 0.0803. The Labute approximate surface area is 110 Å². The Hall–Kier alpha value is -2.11. The first-order valence-electron chi connectivity index (χ1n) is 6.12. The van der Waals surface area contributed by atoms with Crippen LogP contribution in [0.15, 0.2) is 12.5 Å². The summed E-state index contributed by atoms with van der Waals surface area (Å²) in [4.78, 5) is 22.3. The molecule has 0 amide bonds. The Morgan fingerprint density at radius 3 is 2.79 bits per heavy atom. The van der Waals surface area contributed by atoms with Gasteiger partial charge in [0, 0.05) is 17.7 Å². The number of carbonyl (C=O) groups is 1. The van der Waals surface area contributed by atoms with Gasteiger partial charge in [-0.05, 0) is 5.92 Å². The Morgan fingerprint density at radius 2 is 2.21 bits per heavy atom. The number of fused-ring (bicyclic) bond motifs is 1. The molecule has 0 saturated heterocycles. The van der Waals surface area contributed by atoms with Crippen LogP contribution in [0.1, 0.15) is 31.7 Å². The van der Waals surface area contributed by atoms with Gasteiger partial charge in [0.15, 0.2) is 0 Å². The highest BCUT2D eigenvalue weighted by Gasteiger charge is 2.24. The summed E-state index contributed by atoms with van der Waals surface area (Å²) in [6.45, 7) is 4.01. The number of carboxylic acids is 1. The third kappa shape index (κ3) is 2.52. The third-order valence-corrected chi connectivity index (χ3v) is 3.25. The maximum Gasteiger partial charge on any atom is 0.303 e. The maximum atomic E-state index is 11.0. The zero-order valence-corrected chi connectivity index (χ0v) is 11.2. The number of nitrogens with one attached hydrogen (secondary N) is 1. The molecule has 0 aliphatic rings. The SMILES string of the molecule is COc1ncnc2c(C(CC(=O)O)C(C)C)c[nH]c12. The van der Waals surface area contributed by atoms with E-state index in [4.69, 9.17) is 9.84 Å². The van der Waals surface area contributed by atoms with Gasteiger partial charge in [-0.25, -0.2) is 4.98 Å². The Bertz CT molecular complexity index is 592. The lowest BCUT2D eigenvalue weighted by molar-refractivity contribution is -0.137. The smallest absolute Gasteiger partial charge is 0.303 e. The highest BCUT2D eigenvalue weighted by Crippen LogP contribution is 2.34. The van der Waals surface area contributed by atoms with Crippen molar-refractivity contribution in [2.45, 2.75) is 26.2 Å². The van der Waals surface area contributed by atoms with E-state index in [1.165, 1.54) is 6.33 Å². The number of methoxy groups -OCH3 is 1. The van der Waals surface area contributed by atoms with Gasteiger partial charge in [0.25, 0.3) is 0 Å². The van der Waals surface area contributed by atoms with E-state index in [2.05, 4.69) is 15.0 Å². The molecule has 0 fully saturated rings. The molecule has 1 unspecified atom stereocenters. The van der Waals surface area contributed by atoms with Crippen LogP contribution in [0.5, 0.6) is 5.88 Å². The highest BCUT2D eigenvalue weighted by molar-refractivity contribution is 5.84. The predicted molar refractivity (Wildman–Crippen MR) is 70.3 cm³/mol. The lowest BCUT2D eigenvalue weighted by Crippen LogP contribution is -2.12. The normalized spacial score (nSPS) is 12.8. The largest absolute Gasteiger partial charge is 0.481 e. The van der Waals surface area contributed by atoms with Crippen LogP contribution >= 0.6 is 0 Å². The Balaban J connectivity index is 2.51. The molecule has 102 valence electrons. The number of hydrogen-bond acceptors (Lipinski definition) is 4. The van der Waals surface area contributed by atoms with Crippen LogP contribution in [0, 0.1) is 5.92 Å². The molecule has 2 rings (SSSR count). The summed E-state index contributed by atoms with van der Waals surface area (Å²) in [5, 5.41) is 9.04. The molecule has 0 saturated carbocycles. The highest BCUT2D eigenvalue weighted by atomic mass is 16.5. The number of rotatable bonds is 5. The molecule has 6 nitrogen and oxygen atoms in total. The van der Waals surface area contributed by atoms with Crippen molar-refractivity contribution < 1.29 is 14.6 Å². The standard InChI is InChI=1S/C13H17N3O3/c1-7(2)8(4-10(17)18)9-5-14-12-11(9)15-6-16-13(12)19-3/h5-8,14H,4H2,1-3H3,(H,17,18). The molecule has 0 radical (unpaired) electrons. The van der Waals surface area contributed by atoms with E-state index in [0.717, 1.165) is 11.1 Å². The lowest BCUT2D eigenvalue weighted by atomic mass is 9.87. The molecule has 19 heavy (non-hydrogen) atoms. The summed E-state index contributed by atoms with van der Waals surface area (Å²) in [5.74, 6) is -0.231. The molecule has 2 aromatic heterocycles. The number of aliphatic carboxylic acids is 1. The minimum atomic E-state index is -0.811. The summed E-state index contributed by atoms with van der Waals surface area (Å²) in [7, 11) is 1.54. The van der Waals surface area contributed by atoms with Gasteiger partial charge in [0.05, 0.1) is 19.0 Å². The molecule has 0 aromatic carbocycles. The summed E-state index contributed by atoms with van der Waals surface area (Å²) in [5.41, 5.74) is 2.33. The monoisotopic (exact) mass is 263 g/mol. The second-order valence-electron chi connectivity index (χ2n) is 4.80. The number of H-pyrrole nitrogens is 1. The third-order valence-electron chi connectivity index (χ3n) is 3.25. The van der Waals surface area contributed by atoms with Crippen molar-refractivity contribution in [2.24, 2.45) is 5.92 Å². The van der Waals surface area contributed by atoms with Crippen LogP contribution in [-0.2, 0) is 4.79 Å². The second kappa shape index (κ2) is 5.26. The first-order chi connectivity index (χ1) is 9.04. The topological polar surface area (TPSA) is 88.1 Å². The molecule has 0 aliphatic heterocycles. The fourth-order valence-corrected chi connectivity index (χ4v) is 2.27. The van der Waals surface area contributed by atoms with Crippen molar-refractivity contribution in [3.05, 3.63) is 18.1 Å². The van der Waals surface area contributed by atoms with E-state index < -0.39 is 5.97 Å². The van der Waals surface area contributed by atoms with Crippen molar-refractivity contribution in [1.82, 2.24) is 15.0 Å². The van der Waals surface area contributed by atoms with Gasteiger partial charge in [0.2, 0.25) is 5.88 Å². The number of ether oxygens (including phenoxy) is 1. The van der Waals surface area contributed by atoms with Crippen LogP contribution < -0.4 is 4.74 Å². The summed E-state index contributed by atoms with van der Waals surface area (Å²) in [6.07, 6.45) is 3.31. The maximum absolute atomic E-state index is 11.0. The molecule has 2 heterocycles. The molecule has 0 spiro atoms. The summed E-state index contributed by atoms with van der Waals surface area (Å²) in [6, 6.07) is 0. The quantitative estimate of drug-likeness (QED) is 0.863. The van der Waals surface area contributed by atoms with Gasteiger partial charge < -0.3 is 14.8 Å². The zero-order chi connectivity index (χ0) is 14.0. The fraction of sp³-hybridized carbons (Fsp3) is 0.462. The Morgan fingerprint density at radius 1 is 1.47 bits per heavy atom. The first kappa shape index (κ1) is 13.3. The zero-order valence-electron chi connectivity index (χ0n) is 11.2. The van der Waals surface area contributed by atoms with Crippen LogP contribution in [0.2, 0.25) is 0 Å². The number of nitrogens with zero attached hydrogens (tertiary/aromatic N) is 2. The van der Waals surface area contributed by atoms with E-state index in [1.807, 2.05) is 13.8 Å². The van der Waals surface area contributed by atoms with Crippen LogP contribution in [0.4, 0.5) is 0 Å². The van der Waals surface area contributed by atoms with Crippen molar-refractivity contribution >= 4 is 17.0 Å².